The summed E-state index contributed by atoms with van der Waals surface area (Å²) in [5.41, 5.74) is 2.27. The normalized spacial score (nSPS) is 10.4. The van der Waals surface area contributed by atoms with Crippen LogP contribution in [0.25, 0.3) is 5.69 Å². The zero-order valence-corrected chi connectivity index (χ0v) is 15.8. The van der Waals surface area contributed by atoms with Crippen molar-refractivity contribution in [2.24, 2.45) is 0 Å². The van der Waals surface area contributed by atoms with Crippen LogP contribution in [0.15, 0.2) is 70.5 Å². The fourth-order valence-corrected chi connectivity index (χ4v) is 3.01. The molecule has 3 rings (SSSR count). The predicted molar refractivity (Wildman–Crippen MR) is 107 cm³/mol. The van der Waals surface area contributed by atoms with E-state index in [0.717, 1.165) is 11.3 Å². The largest absolute Gasteiger partial charge is 0.497 e. The lowest BCUT2D eigenvalue weighted by Gasteiger charge is -2.08. The minimum absolute atomic E-state index is 0.132. The predicted octanol–water partition coefficient (Wildman–Crippen LogP) is 3.28. The number of thioether (sulfide) groups is 1. The molecule has 7 heteroatoms. The first-order valence-electron chi connectivity index (χ1n) is 8.29. The maximum absolute atomic E-state index is 12.1. The van der Waals surface area contributed by atoms with Crippen molar-refractivity contribution in [2.75, 3.05) is 18.2 Å². The molecule has 0 aliphatic carbocycles. The van der Waals surface area contributed by atoms with Gasteiger partial charge in [0.05, 0.1) is 18.6 Å². The van der Waals surface area contributed by atoms with E-state index in [1.165, 1.54) is 22.5 Å². The molecule has 1 amide bonds. The summed E-state index contributed by atoms with van der Waals surface area (Å²) in [4.78, 5) is 24.2. The Labute approximate surface area is 161 Å². The highest BCUT2D eigenvalue weighted by Gasteiger charge is 2.08. The molecule has 0 unspecified atom stereocenters. The Morgan fingerprint density at radius 2 is 1.78 bits per heavy atom. The van der Waals surface area contributed by atoms with Crippen LogP contribution in [0.1, 0.15) is 5.56 Å². The van der Waals surface area contributed by atoms with Gasteiger partial charge >= 0.3 is 0 Å². The highest BCUT2D eigenvalue weighted by molar-refractivity contribution is 7.99. The number of anilines is 1. The third-order valence-electron chi connectivity index (χ3n) is 3.78. The fraction of sp³-hybridized carbons (Fsp3) is 0.150. The average Bonchev–Trinajstić information content (AvgIpc) is 2.69. The van der Waals surface area contributed by atoms with Gasteiger partial charge in [-0.3, -0.25) is 9.59 Å². The van der Waals surface area contributed by atoms with E-state index >= 15 is 0 Å². The number of ether oxygens (including phenoxy) is 1. The molecule has 6 nitrogen and oxygen atoms in total. The average molecular weight is 381 g/mol. The molecule has 0 aliphatic heterocycles. The molecule has 27 heavy (non-hydrogen) atoms. The molecule has 0 spiro atoms. The van der Waals surface area contributed by atoms with Gasteiger partial charge in [0.25, 0.3) is 5.56 Å². The molecule has 138 valence electrons. The minimum atomic E-state index is -0.242. The summed E-state index contributed by atoms with van der Waals surface area (Å²) in [6, 6.07) is 17.7. The van der Waals surface area contributed by atoms with E-state index in [2.05, 4.69) is 10.4 Å². The number of nitrogens with zero attached hydrogens (tertiary/aromatic N) is 2. The maximum atomic E-state index is 12.1. The van der Waals surface area contributed by atoms with Gasteiger partial charge in [-0.05, 0) is 49.4 Å². The Morgan fingerprint density at radius 3 is 2.44 bits per heavy atom. The first kappa shape index (κ1) is 18.7. The van der Waals surface area contributed by atoms with Gasteiger partial charge in [-0.2, -0.15) is 9.78 Å². The van der Waals surface area contributed by atoms with Crippen molar-refractivity contribution >= 4 is 23.4 Å². The van der Waals surface area contributed by atoms with Gasteiger partial charge in [0.1, 0.15) is 10.8 Å². The van der Waals surface area contributed by atoms with Crippen LogP contribution in [0.4, 0.5) is 5.69 Å². The molecule has 0 aliphatic rings. The van der Waals surface area contributed by atoms with Crippen LogP contribution in [-0.4, -0.2) is 28.6 Å². The molecular formula is C20H19N3O3S. The lowest BCUT2D eigenvalue weighted by molar-refractivity contribution is -0.113. The number of amides is 1. The number of methoxy groups -OCH3 is 1. The summed E-state index contributed by atoms with van der Waals surface area (Å²) in [6.07, 6.45) is 0. The number of benzene rings is 2. The second-order valence-electron chi connectivity index (χ2n) is 5.82. The maximum Gasteiger partial charge on any atom is 0.271 e. The standard InChI is InChI=1S/C20H19N3O3S/c1-14-3-5-15(6-4-14)21-18(24)13-27-19-11-12-20(25)23(22-19)16-7-9-17(26-2)10-8-16/h3-12H,13H2,1-2H3,(H,21,24). The van der Waals surface area contributed by atoms with E-state index in [9.17, 15) is 9.59 Å². The van der Waals surface area contributed by atoms with E-state index in [0.29, 0.717) is 16.5 Å². The monoisotopic (exact) mass is 381 g/mol. The zero-order valence-electron chi connectivity index (χ0n) is 15.0. The SMILES string of the molecule is COc1ccc(-n2nc(SCC(=O)Nc3ccc(C)cc3)ccc2=O)cc1. The second kappa shape index (κ2) is 8.55. The smallest absolute Gasteiger partial charge is 0.271 e. The van der Waals surface area contributed by atoms with Gasteiger partial charge in [-0.1, -0.05) is 29.5 Å². The van der Waals surface area contributed by atoms with Gasteiger partial charge in [-0.25, -0.2) is 0 Å². The van der Waals surface area contributed by atoms with Crippen molar-refractivity contribution in [1.82, 2.24) is 9.78 Å². The Kier molecular flexibility index (Phi) is 5.93. The number of hydrogen-bond donors (Lipinski definition) is 1. The van der Waals surface area contributed by atoms with Crippen LogP contribution >= 0.6 is 11.8 Å². The van der Waals surface area contributed by atoms with Crippen molar-refractivity contribution in [3.8, 4) is 11.4 Å². The molecule has 2 aromatic carbocycles. The summed E-state index contributed by atoms with van der Waals surface area (Å²) in [5, 5.41) is 7.76. The summed E-state index contributed by atoms with van der Waals surface area (Å²) in [5.74, 6) is 0.764. The Balaban J connectivity index is 1.67. The first-order chi connectivity index (χ1) is 13.0. The third kappa shape index (κ3) is 4.98. The molecule has 1 N–H and O–H groups in total. The number of hydrogen-bond acceptors (Lipinski definition) is 5. The number of rotatable bonds is 6. The molecule has 0 saturated heterocycles. The van der Waals surface area contributed by atoms with Gasteiger partial charge < -0.3 is 10.1 Å². The number of carbonyl (C=O) groups excluding carboxylic acids is 1. The highest BCUT2D eigenvalue weighted by Crippen LogP contribution is 2.17. The zero-order chi connectivity index (χ0) is 19.2. The summed E-state index contributed by atoms with van der Waals surface area (Å²) in [7, 11) is 1.58. The van der Waals surface area contributed by atoms with Crippen LogP contribution in [0.5, 0.6) is 5.75 Å². The topological polar surface area (TPSA) is 73.2 Å². The Bertz CT molecular complexity index is 983. The molecule has 1 heterocycles. The van der Waals surface area contributed by atoms with Crippen molar-refractivity contribution in [2.45, 2.75) is 11.9 Å². The molecule has 0 fully saturated rings. The molecule has 0 radical (unpaired) electrons. The number of aromatic nitrogens is 2. The van der Waals surface area contributed by atoms with Crippen LogP contribution in [0.3, 0.4) is 0 Å². The quantitative estimate of drug-likeness (QED) is 0.664. The lowest BCUT2D eigenvalue weighted by Crippen LogP contribution is -2.20. The second-order valence-corrected chi connectivity index (χ2v) is 6.82. The van der Waals surface area contributed by atoms with E-state index in [4.69, 9.17) is 4.74 Å². The van der Waals surface area contributed by atoms with E-state index < -0.39 is 0 Å². The van der Waals surface area contributed by atoms with Gasteiger partial charge in [0.15, 0.2) is 0 Å². The molecular weight excluding hydrogens is 362 g/mol. The highest BCUT2D eigenvalue weighted by atomic mass is 32.2. The van der Waals surface area contributed by atoms with E-state index in [-0.39, 0.29) is 17.2 Å². The molecule has 0 saturated carbocycles. The van der Waals surface area contributed by atoms with Gasteiger partial charge in [-0.15, -0.1) is 0 Å². The van der Waals surface area contributed by atoms with E-state index in [1.807, 2.05) is 31.2 Å². The van der Waals surface area contributed by atoms with Crippen LogP contribution in [0.2, 0.25) is 0 Å². The van der Waals surface area contributed by atoms with Gasteiger partial charge in [0, 0.05) is 11.8 Å². The number of nitrogens with one attached hydrogen (secondary N) is 1. The number of carbonyl (C=O) groups is 1. The minimum Gasteiger partial charge on any atom is -0.497 e. The lowest BCUT2D eigenvalue weighted by atomic mass is 10.2. The summed E-state index contributed by atoms with van der Waals surface area (Å²) >= 11 is 1.27. The van der Waals surface area contributed by atoms with Crippen molar-refractivity contribution < 1.29 is 9.53 Å². The third-order valence-corrected chi connectivity index (χ3v) is 4.70. The van der Waals surface area contributed by atoms with Crippen LogP contribution < -0.4 is 15.6 Å². The molecule has 3 aromatic rings. The van der Waals surface area contributed by atoms with Gasteiger partial charge in [0.2, 0.25) is 5.91 Å². The first-order valence-corrected chi connectivity index (χ1v) is 9.28. The van der Waals surface area contributed by atoms with Crippen molar-refractivity contribution in [3.05, 3.63) is 76.6 Å². The Morgan fingerprint density at radius 1 is 1.07 bits per heavy atom. The van der Waals surface area contributed by atoms with Crippen LogP contribution in [-0.2, 0) is 4.79 Å². The fourth-order valence-electron chi connectivity index (χ4n) is 2.35. The van der Waals surface area contributed by atoms with Crippen LogP contribution in [0, 0.1) is 6.92 Å². The Hall–Kier alpha value is -3.06. The summed E-state index contributed by atoms with van der Waals surface area (Å²) < 4.78 is 6.43. The summed E-state index contributed by atoms with van der Waals surface area (Å²) in [6.45, 7) is 1.99. The van der Waals surface area contributed by atoms with Crippen molar-refractivity contribution in [3.63, 3.8) is 0 Å². The number of aryl methyl sites for hydroxylation is 1. The molecule has 1 aromatic heterocycles. The van der Waals surface area contributed by atoms with E-state index in [1.54, 1.807) is 37.4 Å². The molecule has 0 bridgehead atoms. The molecule has 0 atom stereocenters. The van der Waals surface area contributed by atoms with Crippen molar-refractivity contribution in [1.29, 1.82) is 0 Å².